The van der Waals surface area contributed by atoms with Crippen LogP contribution in [-0.2, 0) is 4.79 Å². The standard InChI is InChI=1S/C18H25NO3S/c1-12-5-3-4-6-15(12)19-18(20)13(2)23-14-7-8-16-17(11-14)22-10-9-21-16/h7-8,11-13,15H,3-6,9-10H2,1-2H3,(H,19,20)/t12-,13-,15-/m1/s1. The topological polar surface area (TPSA) is 47.6 Å². The van der Waals surface area contributed by atoms with Crippen molar-refractivity contribution in [3.8, 4) is 11.5 Å². The molecule has 0 bridgehead atoms. The van der Waals surface area contributed by atoms with Gasteiger partial charge in [-0.2, -0.15) is 0 Å². The van der Waals surface area contributed by atoms with Crippen LogP contribution in [-0.4, -0.2) is 30.4 Å². The molecule has 1 aromatic carbocycles. The highest BCUT2D eigenvalue weighted by Gasteiger charge is 2.25. The van der Waals surface area contributed by atoms with Gasteiger partial charge in [0, 0.05) is 10.9 Å². The summed E-state index contributed by atoms with van der Waals surface area (Å²) in [6.45, 7) is 5.38. The summed E-state index contributed by atoms with van der Waals surface area (Å²) in [7, 11) is 0. The van der Waals surface area contributed by atoms with Gasteiger partial charge >= 0.3 is 0 Å². The number of hydrogen-bond acceptors (Lipinski definition) is 4. The molecule has 0 radical (unpaired) electrons. The van der Waals surface area contributed by atoms with Gasteiger partial charge < -0.3 is 14.8 Å². The van der Waals surface area contributed by atoms with Gasteiger partial charge in [-0.3, -0.25) is 4.79 Å². The van der Waals surface area contributed by atoms with Crippen molar-refractivity contribution in [2.75, 3.05) is 13.2 Å². The number of carbonyl (C=O) groups excluding carboxylic acids is 1. The third kappa shape index (κ3) is 4.14. The van der Waals surface area contributed by atoms with E-state index in [9.17, 15) is 4.79 Å². The highest BCUT2D eigenvalue weighted by Crippen LogP contribution is 2.35. The van der Waals surface area contributed by atoms with Gasteiger partial charge in [0.05, 0.1) is 5.25 Å². The van der Waals surface area contributed by atoms with Crippen LogP contribution in [0.4, 0.5) is 0 Å². The number of thioether (sulfide) groups is 1. The number of hydrogen-bond donors (Lipinski definition) is 1. The first kappa shape index (κ1) is 16.5. The monoisotopic (exact) mass is 335 g/mol. The fourth-order valence-corrected chi connectivity index (χ4v) is 4.09. The molecule has 23 heavy (non-hydrogen) atoms. The first-order valence-electron chi connectivity index (χ1n) is 8.50. The summed E-state index contributed by atoms with van der Waals surface area (Å²) in [4.78, 5) is 13.5. The average molecular weight is 335 g/mol. The van der Waals surface area contributed by atoms with Crippen LogP contribution in [0.2, 0.25) is 0 Å². The second kappa shape index (κ2) is 7.47. The van der Waals surface area contributed by atoms with Crippen LogP contribution < -0.4 is 14.8 Å². The fourth-order valence-electron chi connectivity index (χ4n) is 3.19. The Labute approximate surface area is 142 Å². The van der Waals surface area contributed by atoms with Crippen molar-refractivity contribution >= 4 is 17.7 Å². The minimum absolute atomic E-state index is 0.119. The minimum Gasteiger partial charge on any atom is -0.486 e. The molecule has 1 saturated carbocycles. The molecule has 1 aromatic rings. The molecule has 0 saturated heterocycles. The molecule has 0 spiro atoms. The molecule has 1 fully saturated rings. The van der Waals surface area contributed by atoms with Crippen LogP contribution in [0.25, 0.3) is 0 Å². The SMILES string of the molecule is C[C@@H]1CCCC[C@H]1NC(=O)[C@@H](C)Sc1ccc2c(c1)OCCO2. The maximum absolute atomic E-state index is 12.5. The van der Waals surface area contributed by atoms with Crippen LogP contribution in [0.3, 0.4) is 0 Å². The van der Waals surface area contributed by atoms with Gasteiger partial charge in [-0.05, 0) is 43.9 Å². The third-order valence-electron chi connectivity index (χ3n) is 4.63. The summed E-state index contributed by atoms with van der Waals surface area (Å²) >= 11 is 1.57. The van der Waals surface area contributed by atoms with E-state index in [1.165, 1.54) is 19.3 Å². The predicted molar refractivity (Wildman–Crippen MR) is 92.3 cm³/mol. The zero-order chi connectivity index (χ0) is 16.2. The van der Waals surface area contributed by atoms with Crippen LogP contribution >= 0.6 is 11.8 Å². The van der Waals surface area contributed by atoms with Crippen LogP contribution in [0.15, 0.2) is 23.1 Å². The second-order valence-electron chi connectivity index (χ2n) is 6.44. The normalized spacial score (nSPS) is 24.8. The van der Waals surface area contributed by atoms with E-state index in [2.05, 4.69) is 12.2 Å². The van der Waals surface area contributed by atoms with Gasteiger partial charge in [-0.25, -0.2) is 0 Å². The summed E-state index contributed by atoms with van der Waals surface area (Å²) in [5, 5.41) is 3.12. The zero-order valence-corrected chi connectivity index (χ0v) is 14.7. The number of fused-ring (bicyclic) bond motifs is 1. The number of benzene rings is 1. The van der Waals surface area contributed by atoms with Crippen molar-refractivity contribution in [1.29, 1.82) is 0 Å². The smallest absolute Gasteiger partial charge is 0.233 e. The minimum atomic E-state index is -0.119. The van der Waals surface area contributed by atoms with Crippen molar-refractivity contribution in [3.05, 3.63) is 18.2 Å². The summed E-state index contributed by atoms with van der Waals surface area (Å²) in [5.74, 6) is 2.27. The van der Waals surface area contributed by atoms with Crippen LogP contribution in [0.1, 0.15) is 39.5 Å². The van der Waals surface area contributed by atoms with Gasteiger partial charge in [-0.1, -0.05) is 19.8 Å². The Kier molecular flexibility index (Phi) is 5.36. The molecule has 0 aromatic heterocycles. The highest BCUT2D eigenvalue weighted by atomic mass is 32.2. The summed E-state index contributed by atoms with van der Waals surface area (Å²) in [5.41, 5.74) is 0. The zero-order valence-electron chi connectivity index (χ0n) is 13.8. The molecule has 1 amide bonds. The molecule has 5 heteroatoms. The van der Waals surface area contributed by atoms with E-state index in [4.69, 9.17) is 9.47 Å². The Bertz CT molecular complexity index is 563. The lowest BCUT2D eigenvalue weighted by molar-refractivity contribution is -0.121. The molecular formula is C18H25NO3S. The molecule has 1 aliphatic carbocycles. The van der Waals surface area contributed by atoms with E-state index in [0.717, 1.165) is 22.8 Å². The molecule has 3 atom stereocenters. The third-order valence-corrected chi connectivity index (χ3v) is 5.73. The van der Waals surface area contributed by atoms with Gasteiger partial charge in [0.2, 0.25) is 5.91 Å². The van der Waals surface area contributed by atoms with Crippen LogP contribution in [0, 0.1) is 5.92 Å². The van der Waals surface area contributed by atoms with Crippen molar-refractivity contribution < 1.29 is 14.3 Å². The number of ether oxygens (including phenoxy) is 2. The van der Waals surface area contributed by atoms with E-state index in [-0.39, 0.29) is 11.2 Å². The average Bonchev–Trinajstić information content (AvgIpc) is 2.56. The van der Waals surface area contributed by atoms with Gasteiger partial charge in [0.1, 0.15) is 13.2 Å². The molecule has 2 aliphatic rings. The molecular weight excluding hydrogens is 310 g/mol. The number of nitrogens with one attached hydrogen (secondary N) is 1. The molecule has 0 unspecified atom stereocenters. The Morgan fingerprint density at radius 1 is 1.22 bits per heavy atom. The lowest BCUT2D eigenvalue weighted by atomic mass is 9.86. The first-order chi connectivity index (χ1) is 11.1. The maximum atomic E-state index is 12.5. The van der Waals surface area contributed by atoms with E-state index >= 15 is 0 Å². The maximum Gasteiger partial charge on any atom is 0.233 e. The lowest BCUT2D eigenvalue weighted by Gasteiger charge is -2.30. The molecule has 1 aliphatic heterocycles. The van der Waals surface area contributed by atoms with E-state index in [1.807, 2.05) is 25.1 Å². The lowest BCUT2D eigenvalue weighted by Crippen LogP contribution is -2.44. The Balaban J connectivity index is 1.57. The Morgan fingerprint density at radius 3 is 2.74 bits per heavy atom. The highest BCUT2D eigenvalue weighted by molar-refractivity contribution is 8.00. The van der Waals surface area contributed by atoms with Gasteiger partial charge in [-0.15, -0.1) is 11.8 Å². The van der Waals surface area contributed by atoms with E-state index in [1.54, 1.807) is 11.8 Å². The number of carbonyl (C=O) groups is 1. The van der Waals surface area contributed by atoms with Gasteiger partial charge in [0.15, 0.2) is 11.5 Å². The molecule has 1 N–H and O–H groups in total. The second-order valence-corrected chi connectivity index (χ2v) is 7.86. The Morgan fingerprint density at radius 2 is 1.96 bits per heavy atom. The van der Waals surface area contributed by atoms with Crippen molar-refractivity contribution in [3.63, 3.8) is 0 Å². The summed E-state index contributed by atoms with van der Waals surface area (Å²) in [6, 6.07) is 6.21. The van der Waals surface area contributed by atoms with Crippen molar-refractivity contribution in [1.82, 2.24) is 5.32 Å². The molecule has 1 heterocycles. The van der Waals surface area contributed by atoms with Crippen LogP contribution in [0.5, 0.6) is 11.5 Å². The number of rotatable bonds is 4. The van der Waals surface area contributed by atoms with Crippen molar-refractivity contribution in [2.24, 2.45) is 5.92 Å². The molecule has 4 nitrogen and oxygen atoms in total. The quantitative estimate of drug-likeness (QED) is 0.854. The van der Waals surface area contributed by atoms with E-state index in [0.29, 0.717) is 25.2 Å². The predicted octanol–water partition coefficient (Wildman–Crippen LogP) is 3.63. The number of amides is 1. The van der Waals surface area contributed by atoms with Gasteiger partial charge in [0.25, 0.3) is 0 Å². The fraction of sp³-hybridized carbons (Fsp3) is 0.611. The largest absolute Gasteiger partial charge is 0.486 e. The summed E-state index contributed by atoms with van der Waals surface area (Å²) < 4.78 is 11.1. The summed E-state index contributed by atoms with van der Waals surface area (Å²) in [6.07, 6.45) is 4.83. The van der Waals surface area contributed by atoms with E-state index < -0.39 is 0 Å². The Hall–Kier alpha value is -1.36. The molecule has 3 rings (SSSR count). The molecule has 126 valence electrons. The van der Waals surface area contributed by atoms with Crippen molar-refractivity contribution in [2.45, 2.75) is 55.7 Å². The first-order valence-corrected chi connectivity index (χ1v) is 9.38.